The van der Waals surface area contributed by atoms with Crippen molar-refractivity contribution < 1.29 is 18.9 Å². The van der Waals surface area contributed by atoms with E-state index in [1.807, 2.05) is 47.0 Å². The molecule has 2 N–H and O–H groups in total. The molecule has 0 bridgehead atoms. The summed E-state index contributed by atoms with van der Waals surface area (Å²) in [6.45, 7) is 0. The Hall–Kier alpha value is -4.58. The predicted molar refractivity (Wildman–Crippen MR) is 148 cm³/mol. The van der Waals surface area contributed by atoms with Gasteiger partial charge in [-0.15, -0.1) is 0 Å². The third kappa shape index (κ3) is 4.85. The number of methoxy groups -OCH3 is 4. The molecule has 38 heavy (non-hydrogen) atoms. The number of nitrogens with one attached hydrogen (secondary N) is 2. The lowest BCUT2D eigenvalue weighted by Crippen LogP contribution is -2.09. The largest absolute Gasteiger partial charge is 0.495 e. The Bertz CT molecular complexity index is 1580. The molecular formula is C26H24BrN7O4. The molecule has 0 saturated heterocycles. The second kappa shape index (κ2) is 10.8. The van der Waals surface area contributed by atoms with E-state index in [1.54, 1.807) is 40.6 Å². The normalized spacial score (nSPS) is 10.8. The van der Waals surface area contributed by atoms with E-state index in [0.29, 0.717) is 46.5 Å². The van der Waals surface area contributed by atoms with Crippen molar-refractivity contribution in [3.05, 3.63) is 65.4 Å². The third-order valence-corrected chi connectivity index (χ3v) is 6.14. The number of benzene rings is 3. The van der Waals surface area contributed by atoms with Crippen LogP contribution in [-0.4, -0.2) is 52.9 Å². The molecule has 2 aromatic heterocycles. The van der Waals surface area contributed by atoms with Gasteiger partial charge in [-0.25, -0.2) is 19.5 Å². The van der Waals surface area contributed by atoms with Crippen LogP contribution in [0.2, 0.25) is 0 Å². The number of ether oxygens (including phenoxy) is 4. The zero-order valence-electron chi connectivity index (χ0n) is 21.0. The number of fused-ring (bicyclic) bond motifs is 1. The maximum atomic E-state index is 5.55. The zero-order chi connectivity index (χ0) is 26.6. The summed E-state index contributed by atoms with van der Waals surface area (Å²) < 4.78 is 24.6. The highest BCUT2D eigenvalue weighted by molar-refractivity contribution is 9.10. The molecule has 194 valence electrons. The van der Waals surface area contributed by atoms with E-state index in [0.717, 1.165) is 21.2 Å². The van der Waals surface area contributed by atoms with Crippen LogP contribution in [0.5, 0.6) is 23.0 Å². The number of hydrogen-bond donors (Lipinski definition) is 2. The standard InChI is InChI=1S/C26H24BrN7O4/c1-35-20-11-15(27)9-10-18(20)32-26-31-17-7-5-6-8-19(17)34(26)25-29-14-28-24(33-25)30-16-12-21(36-2)23(38-4)22(13-16)37-3/h5-14H,1-4H3,(H,31,32)(H,28,29,30,33). The highest BCUT2D eigenvalue weighted by Crippen LogP contribution is 2.40. The summed E-state index contributed by atoms with van der Waals surface area (Å²) in [4.78, 5) is 18.2. The molecule has 5 aromatic rings. The lowest BCUT2D eigenvalue weighted by Gasteiger charge is -2.15. The van der Waals surface area contributed by atoms with Crippen LogP contribution in [0.4, 0.5) is 23.3 Å². The number of rotatable bonds is 9. The van der Waals surface area contributed by atoms with E-state index in [1.165, 1.54) is 6.33 Å². The molecule has 0 fully saturated rings. The van der Waals surface area contributed by atoms with Gasteiger partial charge >= 0.3 is 0 Å². The Kier molecular flexibility index (Phi) is 7.13. The van der Waals surface area contributed by atoms with Gasteiger partial charge in [-0.2, -0.15) is 4.98 Å². The van der Waals surface area contributed by atoms with E-state index >= 15 is 0 Å². The van der Waals surface area contributed by atoms with Crippen LogP contribution in [0.1, 0.15) is 0 Å². The fraction of sp³-hybridized carbons (Fsp3) is 0.154. The molecule has 12 heteroatoms. The quantitative estimate of drug-likeness (QED) is 0.232. The Morgan fingerprint density at radius 3 is 2.21 bits per heavy atom. The first kappa shape index (κ1) is 25.1. The summed E-state index contributed by atoms with van der Waals surface area (Å²) in [6, 6.07) is 17.0. The van der Waals surface area contributed by atoms with Crippen LogP contribution >= 0.6 is 15.9 Å². The lowest BCUT2D eigenvalue weighted by atomic mass is 10.2. The van der Waals surface area contributed by atoms with E-state index in [2.05, 4.69) is 41.5 Å². The minimum absolute atomic E-state index is 0.314. The Morgan fingerprint density at radius 2 is 1.50 bits per heavy atom. The van der Waals surface area contributed by atoms with Crippen LogP contribution in [0.25, 0.3) is 17.0 Å². The van der Waals surface area contributed by atoms with Crippen LogP contribution in [0, 0.1) is 0 Å². The van der Waals surface area contributed by atoms with E-state index < -0.39 is 0 Å². The first-order chi connectivity index (χ1) is 18.5. The summed E-state index contributed by atoms with van der Waals surface area (Å²) in [5.41, 5.74) is 2.96. The Labute approximate surface area is 226 Å². The van der Waals surface area contributed by atoms with Crippen molar-refractivity contribution in [3.63, 3.8) is 0 Å². The van der Waals surface area contributed by atoms with E-state index in [9.17, 15) is 0 Å². The molecule has 0 spiro atoms. The average molecular weight is 578 g/mol. The molecule has 0 atom stereocenters. The molecular weight excluding hydrogens is 554 g/mol. The third-order valence-electron chi connectivity index (χ3n) is 5.65. The fourth-order valence-electron chi connectivity index (χ4n) is 3.94. The molecule has 11 nitrogen and oxygen atoms in total. The van der Waals surface area contributed by atoms with Crippen molar-refractivity contribution in [1.82, 2.24) is 24.5 Å². The van der Waals surface area contributed by atoms with Gasteiger partial charge in [-0.3, -0.25) is 0 Å². The van der Waals surface area contributed by atoms with Crippen molar-refractivity contribution in [2.45, 2.75) is 0 Å². The van der Waals surface area contributed by atoms with Gasteiger partial charge < -0.3 is 29.6 Å². The summed E-state index contributed by atoms with van der Waals surface area (Å²) in [7, 11) is 6.28. The van der Waals surface area contributed by atoms with Gasteiger partial charge in [0.1, 0.15) is 12.1 Å². The SMILES string of the molecule is COc1cc(Br)ccc1Nc1nc2ccccc2n1-c1ncnc(Nc2cc(OC)c(OC)c(OC)c2)n1. The second-order valence-corrected chi connectivity index (χ2v) is 8.79. The number of nitrogens with zero attached hydrogens (tertiary/aromatic N) is 5. The maximum Gasteiger partial charge on any atom is 0.241 e. The van der Waals surface area contributed by atoms with Crippen LogP contribution in [-0.2, 0) is 0 Å². The lowest BCUT2D eigenvalue weighted by molar-refractivity contribution is 0.324. The number of anilines is 4. The molecule has 3 aromatic carbocycles. The van der Waals surface area contributed by atoms with Crippen molar-refractivity contribution in [3.8, 4) is 28.9 Å². The number of halogens is 1. The predicted octanol–water partition coefficient (Wildman–Crippen LogP) is 5.49. The summed E-state index contributed by atoms with van der Waals surface area (Å²) in [5.74, 6) is 3.32. The summed E-state index contributed by atoms with van der Waals surface area (Å²) >= 11 is 3.48. The monoisotopic (exact) mass is 577 g/mol. The first-order valence-electron chi connectivity index (χ1n) is 11.4. The van der Waals surface area contributed by atoms with Crippen LogP contribution < -0.4 is 29.6 Å². The molecule has 0 aliphatic heterocycles. The van der Waals surface area contributed by atoms with Gasteiger partial charge in [0, 0.05) is 22.3 Å². The topological polar surface area (TPSA) is 117 Å². The Balaban J connectivity index is 1.56. The minimum Gasteiger partial charge on any atom is -0.495 e. The first-order valence-corrected chi connectivity index (χ1v) is 12.2. The molecule has 2 heterocycles. The fourth-order valence-corrected chi connectivity index (χ4v) is 4.28. The Morgan fingerprint density at radius 1 is 0.763 bits per heavy atom. The van der Waals surface area contributed by atoms with Gasteiger partial charge in [0.15, 0.2) is 11.5 Å². The van der Waals surface area contributed by atoms with Crippen molar-refractivity contribution in [2.24, 2.45) is 0 Å². The molecule has 0 radical (unpaired) electrons. The molecule has 0 unspecified atom stereocenters. The van der Waals surface area contributed by atoms with E-state index in [-0.39, 0.29) is 0 Å². The van der Waals surface area contributed by atoms with Gasteiger partial charge in [0.05, 0.1) is 45.2 Å². The van der Waals surface area contributed by atoms with Gasteiger partial charge in [0.2, 0.25) is 23.6 Å². The number of para-hydroxylation sites is 2. The van der Waals surface area contributed by atoms with Crippen molar-refractivity contribution in [2.75, 3.05) is 39.1 Å². The van der Waals surface area contributed by atoms with Crippen molar-refractivity contribution >= 4 is 50.2 Å². The second-order valence-electron chi connectivity index (χ2n) is 7.88. The summed E-state index contributed by atoms with van der Waals surface area (Å²) in [5, 5.41) is 6.55. The number of hydrogen-bond acceptors (Lipinski definition) is 10. The number of aromatic nitrogens is 5. The van der Waals surface area contributed by atoms with Gasteiger partial charge in [0.25, 0.3) is 0 Å². The van der Waals surface area contributed by atoms with Crippen LogP contribution in [0.15, 0.2) is 65.4 Å². The van der Waals surface area contributed by atoms with Crippen LogP contribution in [0.3, 0.4) is 0 Å². The van der Waals surface area contributed by atoms with E-state index in [4.69, 9.17) is 23.9 Å². The molecule has 0 saturated carbocycles. The smallest absolute Gasteiger partial charge is 0.241 e. The highest BCUT2D eigenvalue weighted by atomic mass is 79.9. The molecule has 5 rings (SSSR count). The minimum atomic E-state index is 0.314. The molecule has 0 aliphatic carbocycles. The molecule has 0 amide bonds. The van der Waals surface area contributed by atoms with Gasteiger partial charge in [-0.1, -0.05) is 28.1 Å². The number of imidazole rings is 1. The highest BCUT2D eigenvalue weighted by Gasteiger charge is 2.18. The molecule has 0 aliphatic rings. The average Bonchev–Trinajstić information content (AvgIpc) is 3.31. The zero-order valence-corrected chi connectivity index (χ0v) is 22.6. The van der Waals surface area contributed by atoms with Gasteiger partial charge in [-0.05, 0) is 30.3 Å². The van der Waals surface area contributed by atoms with Crippen molar-refractivity contribution in [1.29, 1.82) is 0 Å². The maximum absolute atomic E-state index is 5.55. The summed E-state index contributed by atoms with van der Waals surface area (Å²) in [6.07, 6.45) is 1.43.